The van der Waals surface area contributed by atoms with Crippen LogP contribution in [0.1, 0.15) is 81.8 Å². The number of rotatable bonds is 11. The maximum Gasteiger partial charge on any atom is 0.212 e. The Hall–Kier alpha value is -3.50. The van der Waals surface area contributed by atoms with E-state index in [1.807, 2.05) is 48.7 Å². The molecule has 41 heavy (non-hydrogen) atoms. The lowest BCUT2D eigenvalue weighted by molar-refractivity contribution is -0.923. The summed E-state index contributed by atoms with van der Waals surface area (Å²) < 4.78 is 1.23. The first-order chi connectivity index (χ1) is 19.9. The van der Waals surface area contributed by atoms with Gasteiger partial charge in [0, 0.05) is 40.7 Å². The predicted molar refractivity (Wildman–Crippen MR) is 173 cm³/mol. The highest BCUT2D eigenvalue weighted by atomic mass is 16.1. The van der Waals surface area contributed by atoms with Crippen molar-refractivity contribution in [2.24, 2.45) is 4.99 Å². The molecule has 4 heteroatoms. The van der Waals surface area contributed by atoms with E-state index in [9.17, 15) is 4.79 Å². The normalized spacial score (nSPS) is 17.6. The Bertz CT molecular complexity index is 1450. The zero-order valence-electron chi connectivity index (χ0n) is 25.6. The van der Waals surface area contributed by atoms with Crippen LogP contribution in [-0.2, 0) is 5.41 Å². The fourth-order valence-electron chi connectivity index (χ4n) is 6.87. The molecule has 1 aliphatic carbocycles. The average Bonchev–Trinajstić information content (AvgIpc) is 3.22. The van der Waals surface area contributed by atoms with Gasteiger partial charge in [0.1, 0.15) is 5.71 Å². The molecule has 3 aromatic carbocycles. The number of hydrogen-bond acceptors (Lipinski definition) is 3. The van der Waals surface area contributed by atoms with E-state index in [2.05, 4.69) is 69.9 Å². The molecule has 4 nitrogen and oxygen atoms in total. The number of quaternary nitrogens is 1. The second-order valence-electron chi connectivity index (χ2n) is 12.1. The van der Waals surface area contributed by atoms with E-state index >= 15 is 0 Å². The largest absolute Gasteiger partial charge is 0.343 e. The van der Waals surface area contributed by atoms with E-state index in [-0.39, 0.29) is 11.2 Å². The van der Waals surface area contributed by atoms with Crippen LogP contribution in [0.2, 0.25) is 0 Å². The molecular weight excluding hydrogens is 502 g/mol. The van der Waals surface area contributed by atoms with Crippen molar-refractivity contribution < 1.29 is 9.28 Å². The Labute approximate surface area is 247 Å². The number of aliphatic imine (C=N–C) groups is 1. The van der Waals surface area contributed by atoms with Crippen LogP contribution < -0.4 is 4.90 Å². The van der Waals surface area contributed by atoms with Crippen molar-refractivity contribution in [1.29, 1.82) is 0 Å². The van der Waals surface area contributed by atoms with Crippen molar-refractivity contribution in [3.8, 4) is 11.1 Å². The Morgan fingerprint density at radius 1 is 0.732 bits per heavy atom. The summed E-state index contributed by atoms with van der Waals surface area (Å²) in [7, 11) is 0. The van der Waals surface area contributed by atoms with E-state index in [1.54, 1.807) is 0 Å². The number of carbonyl (C=O) groups is 1. The predicted octanol–water partition coefficient (Wildman–Crippen LogP) is 8.42. The third-order valence-electron chi connectivity index (χ3n) is 9.75. The van der Waals surface area contributed by atoms with Crippen LogP contribution in [0.3, 0.4) is 0 Å². The number of para-hydroxylation sites is 1. The van der Waals surface area contributed by atoms with Crippen LogP contribution in [0.15, 0.2) is 89.7 Å². The van der Waals surface area contributed by atoms with Crippen molar-refractivity contribution in [1.82, 2.24) is 0 Å². The molecule has 1 aliphatic heterocycles. The summed E-state index contributed by atoms with van der Waals surface area (Å²) in [6.07, 6.45) is 6.90. The molecule has 0 fully saturated rings. The van der Waals surface area contributed by atoms with Gasteiger partial charge in [-0.05, 0) is 62.8 Å². The van der Waals surface area contributed by atoms with Gasteiger partial charge in [-0.1, -0.05) is 87.0 Å². The molecule has 214 valence electrons. The maximum absolute atomic E-state index is 13.7. The lowest BCUT2D eigenvalue weighted by Crippen LogP contribution is -2.48. The van der Waals surface area contributed by atoms with Crippen LogP contribution >= 0.6 is 0 Å². The van der Waals surface area contributed by atoms with Gasteiger partial charge in [-0.15, -0.1) is 0 Å². The van der Waals surface area contributed by atoms with Crippen molar-refractivity contribution in [3.63, 3.8) is 0 Å². The van der Waals surface area contributed by atoms with Crippen molar-refractivity contribution in [2.75, 3.05) is 37.6 Å². The number of fused-ring (bicyclic) bond motifs is 4. The molecule has 0 amide bonds. The van der Waals surface area contributed by atoms with E-state index in [0.717, 1.165) is 40.9 Å². The van der Waals surface area contributed by atoms with Crippen molar-refractivity contribution >= 4 is 17.2 Å². The number of unbranched alkanes of at least 4 members (excludes halogenated alkanes) is 3. The van der Waals surface area contributed by atoms with Crippen LogP contribution in [0.25, 0.3) is 11.1 Å². The molecule has 0 aromatic heterocycles. The number of allylic oxidation sites excluding steroid dienone is 1. The number of benzene rings is 3. The number of carbonyl (C=O) groups excluding carboxylic acids is 1. The van der Waals surface area contributed by atoms with Gasteiger partial charge in [0.2, 0.25) is 5.78 Å². The highest BCUT2D eigenvalue weighted by molar-refractivity contribution is 6.55. The molecule has 0 unspecified atom stereocenters. The molecule has 0 atom stereocenters. The quantitative estimate of drug-likeness (QED) is 0.178. The fraction of sp³-hybridized carbons (Fsp3) is 0.405. The summed E-state index contributed by atoms with van der Waals surface area (Å²) in [4.78, 5) is 21.1. The van der Waals surface area contributed by atoms with Crippen LogP contribution in [-0.4, -0.2) is 48.7 Å². The molecule has 0 N–H and O–H groups in total. The van der Waals surface area contributed by atoms with E-state index in [0.29, 0.717) is 5.71 Å². The van der Waals surface area contributed by atoms with Crippen LogP contribution in [0.4, 0.5) is 5.69 Å². The zero-order valence-corrected chi connectivity index (χ0v) is 25.6. The SMILES string of the molecule is CC[N+](CC)(CC)CCCCCCN1/C(=C\N=C2C(=O)c3ccccc3-c3ccccc32)C(C)(C)c2ccccc21. The van der Waals surface area contributed by atoms with Crippen LogP contribution in [0.5, 0.6) is 0 Å². The zero-order chi connectivity index (χ0) is 29.0. The van der Waals surface area contributed by atoms with Crippen LogP contribution in [0, 0.1) is 0 Å². The standard InChI is InChI=1S/C37H46N3O/c1-6-40(7-2,8-3)26-18-10-9-17-25-39-33-24-16-15-23-32(33)37(4,5)34(39)27-38-35-30-21-13-11-19-28(30)29-20-12-14-22-31(29)36(35)41/h11-16,19-24,27H,6-10,17-18,25-26H2,1-5H3/q+1/b34-27-,38-35?. The maximum atomic E-state index is 13.7. The lowest BCUT2D eigenvalue weighted by Gasteiger charge is -2.35. The summed E-state index contributed by atoms with van der Waals surface area (Å²) >= 11 is 0. The smallest absolute Gasteiger partial charge is 0.212 e. The molecule has 2 aliphatic rings. The minimum absolute atomic E-state index is 0.00302. The van der Waals surface area contributed by atoms with E-state index in [1.165, 1.54) is 61.2 Å². The Morgan fingerprint density at radius 2 is 1.29 bits per heavy atom. The molecule has 3 aromatic rings. The third-order valence-corrected chi connectivity index (χ3v) is 9.75. The van der Waals surface area contributed by atoms with E-state index in [4.69, 9.17) is 4.99 Å². The minimum Gasteiger partial charge on any atom is -0.343 e. The highest BCUT2D eigenvalue weighted by Gasteiger charge is 2.40. The van der Waals surface area contributed by atoms with Gasteiger partial charge in [-0.3, -0.25) is 9.79 Å². The van der Waals surface area contributed by atoms with Gasteiger partial charge in [-0.2, -0.15) is 0 Å². The Kier molecular flexibility index (Phi) is 8.60. The van der Waals surface area contributed by atoms with Gasteiger partial charge in [-0.25, -0.2) is 0 Å². The highest BCUT2D eigenvalue weighted by Crippen LogP contribution is 2.47. The molecule has 0 saturated heterocycles. The molecule has 0 radical (unpaired) electrons. The first kappa shape index (κ1) is 29.0. The molecule has 5 rings (SSSR count). The first-order valence-electron chi connectivity index (χ1n) is 15.6. The second kappa shape index (κ2) is 12.2. The number of anilines is 1. The molecule has 0 bridgehead atoms. The third kappa shape index (κ3) is 5.42. The van der Waals surface area contributed by atoms with Gasteiger partial charge >= 0.3 is 0 Å². The van der Waals surface area contributed by atoms with Gasteiger partial charge in [0.05, 0.1) is 26.2 Å². The summed E-state index contributed by atoms with van der Waals surface area (Å²) in [5, 5.41) is 0. The summed E-state index contributed by atoms with van der Waals surface area (Å²) in [6.45, 7) is 17.5. The number of nitrogens with zero attached hydrogens (tertiary/aromatic N) is 3. The summed E-state index contributed by atoms with van der Waals surface area (Å²) in [5.74, 6) is -0.00302. The summed E-state index contributed by atoms with van der Waals surface area (Å²) in [6, 6.07) is 24.8. The molecule has 0 spiro atoms. The van der Waals surface area contributed by atoms with Crippen molar-refractivity contribution in [2.45, 2.75) is 65.7 Å². The first-order valence-corrected chi connectivity index (χ1v) is 15.6. The monoisotopic (exact) mass is 548 g/mol. The van der Waals surface area contributed by atoms with E-state index < -0.39 is 0 Å². The number of ketones is 1. The van der Waals surface area contributed by atoms with Gasteiger partial charge < -0.3 is 9.38 Å². The molecular formula is C37H46N3O+. The average molecular weight is 549 g/mol. The Balaban J connectivity index is 1.40. The molecule has 1 heterocycles. The van der Waals surface area contributed by atoms with Gasteiger partial charge in [0.15, 0.2) is 0 Å². The van der Waals surface area contributed by atoms with Crippen molar-refractivity contribution in [3.05, 3.63) is 101 Å². The second-order valence-corrected chi connectivity index (χ2v) is 12.1. The van der Waals surface area contributed by atoms with Gasteiger partial charge in [0.25, 0.3) is 0 Å². The number of hydrogen-bond donors (Lipinski definition) is 0. The topological polar surface area (TPSA) is 32.7 Å². The lowest BCUT2D eigenvalue weighted by atomic mass is 9.83. The molecule has 0 saturated carbocycles. The number of Topliss-reactive ketones (excluding diaryl/α,β-unsaturated/α-hetero) is 1. The summed E-state index contributed by atoms with van der Waals surface area (Å²) in [5.41, 5.74) is 7.78. The Morgan fingerprint density at radius 3 is 1.98 bits per heavy atom. The minimum atomic E-state index is -0.198. The fourth-order valence-corrected chi connectivity index (χ4v) is 6.87.